The first-order chi connectivity index (χ1) is 14.2. The van der Waals surface area contributed by atoms with Crippen LogP contribution in [0, 0.1) is 5.82 Å². The minimum atomic E-state index is -0.859. The van der Waals surface area contributed by atoms with Gasteiger partial charge in [0, 0.05) is 27.3 Å². The second-order valence-electron chi connectivity index (χ2n) is 6.98. The van der Waals surface area contributed by atoms with Gasteiger partial charge in [-0.05, 0) is 35.7 Å². The van der Waals surface area contributed by atoms with Crippen LogP contribution in [0.25, 0.3) is 11.0 Å². The summed E-state index contributed by atoms with van der Waals surface area (Å²) in [4.78, 5) is 42.8. The molecule has 8 nitrogen and oxygen atoms in total. The van der Waals surface area contributed by atoms with Gasteiger partial charge in [0.15, 0.2) is 0 Å². The summed E-state index contributed by atoms with van der Waals surface area (Å²) in [6.45, 7) is -0.353. The number of benzene rings is 1. The van der Waals surface area contributed by atoms with Gasteiger partial charge >= 0.3 is 29.6 Å². The topological polar surface area (TPSA) is 107 Å². The molecule has 0 aliphatic rings. The predicted octanol–water partition coefficient (Wildman–Crippen LogP) is -2.35. The van der Waals surface area contributed by atoms with Gasteiger partial charge in [-0.2, -0.15) is 0 Å². The van der Waals surface area contributed by atoms with Crippen LogP contribution < -0.4 is 45.5 Å². The van der Waals surface area contributed by atoms with Gasteiger partial charge < -0.3 is 15.3 Å². The zero-order chi connectivity index (χ0) is 22.0. The third-order valence-electron chi connectivity index (χ3n) is 4.68. The quantitative estimate of drug-likeness (QED) is 0.453. The average Bonchev–Trinajstić information content (AvgIpc) is 2.72. The van der Waals surface area contributed by atoms with Crippen molar-refractivity contribution in [2.75, 3.05) is 21.1 Å². The molecule has 0 bridgehead atoms. The number of halogens is 1. The SMILES string of the molecule is CNC(=O)c1c([O-])c2ncc(Cc3ccc(F)cc3)cc2n(CC(=O)N(C)C)c1=O.[Na+]. The van der Waals surface area contributed by atoms with E-state index in [2.05, 4.69) is 10.3 Å². The second-order valence-corrected chi connectivity index (χ2v) is 6.98. The Kier molecular flexibility index (Phi) is 7.94. The maximum atomic E-state index is 13.1. The summed E-state index contributed by atoms with van der Waals surface area (Å²) in [5.41, 5.74) is 0.0972. The van der Waals surface area contributed by atoms with E-state index in [-0.39, 0.29) is 58.9 Å². The minimum Gasteiger partial charge on any atom is -0.870 e. The monoisotopic (exact) mass is 434 g/mol. The average molecular weight is 434 g/mol. The molecule has 0 atom stereocenters. The summed E-state index contributed by atoms with van der Waals surface area (Å²) in [6, 6.07) is 7.50. The summed E-state index contributed by atoms with van der Waals surface area (Å²) < 4.78 is 14.2. The number of fused-ring (bicyclic) bond motifs is 1. The van der Waals surface area contributed by atoms with E-state index in [0.717, 1.165) is 10.1 Å². The van der Waals surface area contributed by atoms with Crippen LogP contribution in [-0.4, -0.2) is 47.4 Å². The Morgan fingerprint density at radius 3 is 2.42 bits per heavy atom. The molecule has 2 amide bonds. The van der Waals surface area contributed by atoms with E-state index in [1.54, 1.807) is 18.2 Å². The Bertz CT molecular complexity index is 1190. The predicted molar refractivity (Wildman–Crippen MR) is 107 cm³/mol. The van der Waals surface area contributed by atoms with Crippen LogP contribution in [0.2, 0.25) is 0 Å². The molecule has 31 heavy (non-hydrogen) atoms. The van der Waals surface area contributed by atoms with Crippen LogP contribution in [0.1, 0.15) is 21.5 Å². The maximum absolute atomic E-state index is 13.1. The third kappa shape index (κ3) is 5.12. The van der Waals surface area contributed by atoms with E-state index < -0.39 is 22.8 Å². The van der Waals surface area contributed by atoms with Crippen LogP contribution in [0.5, 0.6) is 5.75 Å². The fourth-order valence-corrected chi connectivity index (χ4v) is 3.03. The number of amides is 2. The summed E-state index contributed by atoms with van der Waals surface area (Å²) in [7, 11) is 4.38. The van der Waals surface area contributed by atoms with Gasteiger partial charge in [-0.1, -0.05) is 17.9 Å². The largest absolute Gasteiger partial charge is 1.00 e. The molecule has 0 unspecified atom stereocenters. The third-order valence-corrected chi connectivity index (χ3v) is 4.68. The van der Waals surface area contributed by atoms with Crippen LogP contribution in [-0.2, 0) is 17.8 Å². The zero-order valence-corrected chi connectivity index (χ0v) is 19.7. The van der Waals surface area contributed by atoms with Gasteiger partial charge in [0.1, 0.15) is 12.4 Å². The molecule has 0 spiro atoms. The number of carbonyl (C=O) groups excluding carboxylic acids is 2. The molecule has 0 aliphatic carbocycles. The van der Waals surface area contributed by atoms with Crippen molar-refractivity contribution >= 4 is 22.8 Å². The molecule has 0 aliphatic heterocycles. The van der Waals surface area contributed by atoms with E-state index in [9.17, 15) is 23.9 Å². The molecule has 1 aromatic carbocycles. The number of hydrogen-bond acceptors (Lipinski definition) is 5. The minimum absolute atomic E-state index is 0. The van der Waals surface area contributed by atoms with Crippen molar-refractivity contribution in [3.63, 3.8) is 0 Å². The normalized spacial score (nSPS) is 10.5. The first kappa shape index (κ1) is 24.5. The van der Waals surface area contributed by atoms with Gasteiger partial charge in [-0.25, -0.2) is 4.39 Å². The van der Waals surface area contributed by atoms with Gasteiger partial charge in [0.25, 0.3) is 11.5 Å². The summed E-state index contributed by atoms with van der Waals surface area (Å²) in [6.07, 6.45) is 1.84. The van der Waals surface area contributed by atoms with Crippen molar-refractivity contribution < 1.29 is 48.6 Å². The Morgan fingerprint density at radius 2 is 1.84 bits per heavy atom. The first-order valence-corrected chi connectivity index (χ1v) is 9.12. The molecule has 3 rings (SSSR count). The Morgan fingerprint density at radius 1 is 1.19 bits per heavy atom. The molecular weight excluding hydrogens is 414 g/mol. The number of nitrogens with zero attached hydrogens (tertiary/aromatic N) is 3. The van der Waals surface area contributed by atoms with E-state index in [1.165, 1.54) is 44.4 Å². The van der Waals surface area contributed by atoms with Crippen LogP contribution in [0.3, 0.4) is 0 Å². The number of carbonyl (C=O) groups is 2. The molecule has 10 heteroatoms. The number of nitrogens with one attached hydrogen (secondary N) is 1. The van der Waals surface area contributed by atoms with E-state index in [0.29, 0.717) is 12.0 Å². The number of pyridine rings is 2. The van der Waals surface area contributed by atoms with Crippen molar-refractivity contribution in [1.82, 2.24) is 19.8 Å². The maximum Gasteiger partial charge on any atom is 1.00 e. The molecule has 2 heterocycles. The summed E-state index contributed by atoms with van der Waals surface area (Å²) in [5, 5.41) is 15.0. The molecule has 0 radical (unpaired) electrons. The van der Waals surface area contributed by atoms with Gasteiger partial charge in [0.05, 0.1) is 16.6 Å². The molecule has 3 aromatic rings. The van der Waals surface area contributed by atoms with Gasteiger partial charge in [-0.15, -0.1) is 0 Å². The van der Waals surface area contributed by atoms with Crippen LogP contribution in [0.4, 0.5) is 4.39 Å². The Hall–Kier alpha value is -2.75. The molecule has 0 saturated heterocycles. The van der Waals surface area contributed by atoms with Crippen LogP contribution in [0.15, 0.2) is 41.3 Å². The summed E-state index contributed by atoms with van der Waals surface area (Å²) >= 11 is 0. The Balaban J connectivity index is 0.00000341. The van der Waals surface area contributed by atoms with E-state index in [1.807, 2.05) is 0 Å². The first-order valence-electron chi connectivity index (χ1n) is 9.12. The molecule has 2 aromatic heterocycles. The number of aromatic nitrogens is 2. The van der Waals surface area contributed by atoms with Crippen molar-refractivity contribution in [2.24, 2.45) is 0 Å². The van der Waals surface area contributed by atoms with Gasteiger partial charge in [-0.3, -0.25) is 23.9 Å². The molecular formula is C21H20FN4NaO4. The zero-order valence-electron chi connectivity index (χ0n) is 17.7. The van der Waals surface area contributed by atoms with Crippen molar-refractivity contribution in [1.29, 1.82) is 0 Å². The van der Waals surface area contributed by atoms with E-state index >= 15 is 0 Å². The van der Waals surface area contributed by atoms with Crippen molar-refractivity contribution in [3.8, 4) is 5.75 Å². The van der Waals surface area contributed by atoms with Gasteiger partial charge in [0.2, 0.25) is 5.91 Å². The standard InChI is InChI=1S/C21H21FN4O4.Na/c1-23-20(29)17-19(28)18-15(26(21(17)30)11-16(27)25(2)3)9-13(10-24-18)8-12-4-6-14(22)7-5-12;/h4-7,9-10,28H,8,11H2,1-3H3,(H,23,29);/q;+1/p-1. The number of hydrogen-bond donors (Lipinski definition) is 1. The molecule has 0 saturated carbocycles. The molecule has 0 fully saturated rings. The smallest absolute Gasteiger partial charge is 0.870 e. The van der Waals surface area contributed by atoms with Crippen molar-refractivity contribution in [3.05, 3.63) is 69.4 Å². The fourth-order valence-electron chi connectivity index (χ4n) is 3.03. The van der Waals surface area contributed by atoms with E-state index in [4.69, 9.17) is 0 Å². The van der Waals surface area contributed by atoms with Crippen molar-refractivity contribution in [2.45, 2.75) is 13.0 Å². The fraction of sp³-hybridized carbons (Fsp3) is 0.238. The number of rotatable bonds is 5. The number of likely N-dealkylation sites (N-methyl/N-ethyl adjacent to an activating group) is 1. The molecule has 156 valence electrons. The molecule has 1 N–H and O–H groups in total. The second kappa shape index (κ2) is 10.0. The van der Waals surface area contributed by atoms with Crippen LogP contribution >= 0.6 is 0 Å². The Labute approximate surface area is 200 Å². The summed E-state index contributed by atoms with van der Waals surface area (Å²) in [5.74, 6) is -2.38.